The first kappa shape index (κ1) is 58.1. The van der Waals surface area contributed by atoms with Crippen molar-refractivity contribution >= 4 is 5.91 Å². The number of rotatable bonds is 34. The Hall–Kier alpha value is -1.21. The summed E-state index contributed by atoms with van der Waals surface area (Å²) in [6, 6.07) is -0.875. The molecule has 17 unspecified atom stereocenters. The van der Waals surface area contributed by atoms with Crippen LogP contribution in [-0.4, -0.2) is 193 Å². The van der Waals surface area contributed by atoms with E-state index in [1.807, 2.05) is 0 Å². The molecule has 384 valence electrons. The van der Waals surface area contributed by atoms with Crippen LogP contribution in [0.1, 0.15) is 155 Å². The van der Waals surface area contributed by atoms with E-state index in [1.54, 1.807) is 0 Å². The van der Waals surface area contributed by atoms with Crippen LogP contribution < -0.4 is 5.32 Å². The minimum Gasteiger partial charge on any atom is -0.394 e. The maximum atomic E-state index is 13.1. The molecular weight excluding hydrogens is 854 g/mol. The van der Waals surface area contributed by atoms with Gasteiger partial charge in [0.1, 0.15) is 73.2 Å². The second-order valence-electron chi connectivity index (χ2n) is 18.3. The molecule has 3 aliphatic heterocycles. The van der Waals surface area contributed by atoms with E-state index in [0.717, 1.165) is 57.8 Å². The fraction of sp³-hybridized carbons (Fsp3) is 0.978. The minimum absolute atomic E-state index is 0.249. The first-order valence-electron chi connectivity index (χ1n) is 24.8. The quantitative estimate of drug-likeness (QED) is 0.0399. The number of hydrogen-bond acceptors (Lipinski definition) is 18. The Labute approximate surface area is 385 Å². The topological polar surface area (TPSA) is 307 Å². The number of carbonyl (C=O) groups excluding carboxylic acids is 1. The summed E-state index contributed by atoms with van der Waals surface area (Å²) in [6.07, 6.45) is -3.07. The average Bonchev–Trinajstić information content (AvgIpc) is 3.30. The van der Waals surface area contributed by atoms with Crippen molar-refractivity contribution in [3.05, 3.63) is 0 Å². The van der Waals surface area contributed by atoms with Crippen LogP contribution in [-0.2, 0) is 33.2 Å². The van der Waals surface area contributed by atoms with Gasteiger partial charge in [-0.1, -0.05) is 136 Å². The van der Waals surface area contributed by atoms with Crippen LogP contribution in [0.15, 0.2) is 0 Å². The second-order valence-corrected chi connectivity index (χ2v) is 18.3. The molecule has 3 fully saturated rings. The van der Waals surface area contributed by atoms with E-state index in [2.05, 4.69) is 19.2 Å². The SMILES string of the molecule is CCCCCCCCCCCCCCCCC(=O)NC(COC1OC(CO)C(OC2OC(CO)C(OC3OC(CO)C(O)C(O)C3O)C(O)C2O)C(O)C1O)C(O)CCCCCCCC. The van der Waals surface area contributed by atoms with Crippen LogP contribution >= 0.6 is 0 Å². The van der Waals surface area contributed by atoms with E-state index >= 15 is 0 Å². The lowest BCUT2D eigenvalue weighted by Crippen LogP contribution is -2.66. The van der Waals surface area contributed by atoms with E-state index in [1.165, 1.54) is 64.2 Å². The summed E-state index contributed by atoms with van der Waals surface area (Å²) in [5.74, 6) is -0.249. The van der Waals surface area contributed by atoms with Gasteiger partial charge >= 0.3 is 0 Å². The number of unbranched alkanes of at least 4 members (excludes halogenated alkanes) is 18. The molecule has 0 bridgehead atoms. The Kier molecular flexibility index (Phi) is 29.1. The van der Waals surface area contributed by atoms with Gasteiger partial charge < -0.3 is 89.9 Å². The molecule has 0 saturated carbocycles. The zero-order valence-electron chi connectivity index (χ0n) is 39.0. The highest BCUT2D eigenvalue weighted by Crippen LogP contribution is 2.33. The van der Waals surface area contributed by atoms with Gasteiger partial charge in [-0.15, -0.1) is 0 Å². The fourth-order valence-corrected chi connectivity index (χ4v) is 8.72. The summed E-state index contributed by atoms with van der Waals surface area (Å²) >= 11 is 0. The fourth-order valence-electron chi connectivity index (χ4n) is 8.72. The lowest BCUT2D eigenvalue weighted by Gasteiger charge is -2.48. The summed E-state index contributed by atoms with van der Waals surface area (Å²) in [5, 5.41) is 119. The van der Waals surface area contributed by atoms with Crippen LogP contribution in [0.25, 0.3) is 0 Å². The van der Waals surface area contributed by atoms with Crippen molar-refractivity contribution in [3.63, 3.8) is 0 Å². The monoisotopic (exact) mass is 942 g/mol. The van der Waals surface area contributed by atoms with Crippen LogP contribution in [0.2, 0.25) is 0 Å². The van der Waals surface area contributed by atoms with Crippen molar-refractivity contribution in [1.29, 1.82) is 0 Å². The third kappa shape index (κ3) is 19.2. The largest absolute Gasteiger partial charge is 0.394 e. The number of carbonyl (C=O) groups is 1. The van der Waals surface area contributed by atoms with Gasteiger partial charge in [0.05, 0.1) is 38.6 Å². The zero-order valence-corrected chi connectivity index (χ0v) is 39.0. The van der Waals surface area contributed by atoms with E-state index in [9.17, 15) is 61.0 Å². The van der Waals surface area contributed by atoms with Crippen LogP contribution in [0, 0.1) is 0 Å². The molecule has 0 radical (unpaired) electrons. The lowest BCUT2D eigenvalue weighted by molar-refractivity contribution is -0.379. The van der Waals surface area contributed by atoms with E-state index in [0.29, 0.717) is 12.8 Å². The van der Waals surface area contributed by atoms with Gasteiger partial charge in [-0.05, 0) is 12.8 Å². The summed E-state index contributed by atoms with van der Waals surface area (Å²) in [7, 11) is 0. The van der Waals surface area contributed by atoms with Crippen LogP contribution in [0.4, 0.5) is 0 Å². The molecule has 3 aliphatic rings. The van der Waals surface area contributed by atoms with Crippen LogP contribution in [0.5, 0.6) is 0 Å². The Morgan fingerprint density at radius 1 is 0.492 bits per heavy atom. The molecule has 19 heteroatoms. The molecule has 3 heterocycles. The summed E-state index contributed by atoms with van der Waals surface area (Å²) in [4.78, 5) is 13.1. The number of ether oxygens (including phenoxy) is 6. The molecule has 0 aromatic rings. The number of aliphatic hydroxyl groups excluding tert-OH is 11. The molecule has 12 N–H and O–H groups in total. The minimum atomic E-state index is -1.97. The molecule has 65 heavy (non-hydrogen) atoms. The second kappa shape index (κ2) is 32.6. The Morgan fingerprint density at radius 3 is 1.34 bits per heavy atom. The molecule has 3 saturated heterocycles. The van der Waals surface area contributed by atoms with Gasteiger partial charge in [0, 0.05) is 6.42 Å². The predicted octanol–water partition coefficient (Wildman–Crippen LogP) is 0.919. The molecule has 3 rings (SSSR count). The molecular formula is C46H87NO18. The molecule has 0 aromatic carbocycles. The van der Waals surface area contributed by atoms with E-state index in [4.69, 9.17) is 28.4 Å². The molecule has 1 amide bonds. The Balaban J connectivity index is 1.53. The van der Waals surface area contributed by atoms with Crippen molar-refractivity contribution in [3.8, 4) is 0 Å². The predicted molar refractivity (Wildman–Crippen MR) is 236 cm³/mol. The van der Waals surface area contributed by atoms with Gasteiger partial charge in [-0.2, -0.15) is 0 Å². The van der Waals surface area contributed by atoms with E-state index in [-0.39, 0.29) is 18.9 Å². The van der Waals surface area contributed by atoms with Crippen molar-refractivity contribution < 1.29 is 89.4 Å². The van der Waals surface area contributed by atoms with Crippen molar-refractivity contribution in [2.24, 2.45) is 0 Å². The summed E-state index contributed by atoms with van der Waals surface area (Å²) in [5.41, 5.74) is 0. The van der Waals surface area contributed by atoms with Gasteiger partial charge in [0.25, 0.3) is 0 Å². The zero-order chi connectivity index (χ0) is 47.7. The first-order valence-corrected chi connectivity index (χ1v) is 24.8. The smallest absolute Gasteiger partial charge is 0.220 e. The van der Waals surface area contributed by atoms with Gasteiger partial charge in [-0.3, -0.25) is 4.79 Å². The third-order valence-corrected chi connectivity index (χ3v) is 12.9. The Morgan fingerprint density at radius 2 is 0.877 bits per heavy atom. The average molecular weight is 942 g/mol. The van der Waals surface area contributed by atoms with Crippen LogP contribution in [0.3, 0.4) is 0 Å². The highest BCUT2D eigenvalue weighted by molar-refractivity contribution is 5.76. The molecule has 19 nitrogen and oxygen atoms in total. The maximum absolute atomic E-state index is 13.1. The molecule has 0 aromatic heterocycles. The van der Waals surface area contributed by atoms with E-state index < -0.39 is 124 Å². The van der Waals surface area contributed by atoms with Gasteiger partial charge in [0.15, 0.2) is 18.9 Å². The summed E-state index contributed by atoms with van der Waals surface area (Å²) in [6.45, 7) is 1.68. The molecule has 0 spiro atoms. The number of amides is 1. The van der Waals surface area contributed by atoms with Gasteiger partial charge in [-0.25, -0.2) is 0 Å². The number of aliphatic hydroxyl groups is 11. The maximum Gasteiger partial charge on any atom is 0.220 e. The van der Waals surface area contributed by atoms with Crippen molar-refractivity contribution in [1.82, 2.24) is 5.32 Å². The molecule has 17 atom stereocenters. The van der Waals surface area contributed by atoms with Gasteiger partial charge in [0.2, 0.25) is 5.91 Å². The Bertz CT molecular complexity index is 1220. The standard InChI is InChI=1S/C46H87NO18/c1-3-5-7-9-11-12-13-14-15-16-17-18-20-22-24-34(52)47-29(30(51)23-21-19-10-8-6-4-2)28-60-44-40(58)37(55)42(32(26-49)62-44)65-46-41(59)38(56)43(33(27-50)63-46)64-45-39(57)36(54)35(53)31(25-48)61-45/h29-33,35-46,48-51,53-59H,3-28H2,1-2H3,(H,47,52). The third-order valence-electron chi connectivity index (χ3n) is 12.9. The first-order chi connectivity index (χ1) is 31.3. The molecule has 0 aliphatic carbocycles. The summed E-state index contributed by atoms with van der Waals surface area (Å²) < 4.78 is 34.0. The lowest BCUT2D eigenvalue weighted by atomic mass is 9.96. The number of nitrogens with one attached hydrogen (secondary N) is 1. The highest BCUT2D eigenvalue weighted by atomic mass is 16.8. The normalized spacial score (nSPS) is 34.1. The van der Waals surface area contributed by atoms with Crippen molar-refractivity contribution in [2.45, 2.75) is 259 Å². The number of hydrogen-bond donors (Lipinski definition) is 12. The highest BCUT2D eigenvalue weighted by Gasteiger charge is 2.53. The van der Waals surface area contributed by atoms with Crippen molar-refractivity contribution in [2.75, 3.05) is 26.4 Å².